The summed E-state index contributed by atoms with van der Waals surface area (Å²) in [4.78, 5) is 0. The van der Waals surface area contributed by atoms with E-state index in [1.165, 1.54) is 6.26 Å². The molecule has 1 N–H and O–H groups in total. The zero-order valence-corrected chi connectivity index (χ0v) is 11.3. The van der Waals surface area contributed by atoms with Gasteiger partial charge in [0.05, 0.1) is 12.4 Å². The van der Waals surface area contributed by atoms with Crippen molar-refractivity contribution in [2.75, 3.05) is 25.7 Å². The quantitative estimate of drug-likeness (QED) is 0.836. The molecular formula is C12H19NO3S. The molecule has 0 bridgehead atoms. The van der Waals surface area contributed by atoms with Crippen LogP contribution < -0.4 is 10.1 Å². The third kappa shape index (κ3) is 4.36. The summed E-state index contributed by atoms with van der Waals surface area (Å²) in [6.45, 7) is 2.47. The molecule has 0 saturated carbocycles. The van der Waals surface area contributed by atoms with Crippen LogP contribution in [0.2, 0.25) is 0 Å². The lowest BCUT2D eigenvalue weighted by Gasteiger charge is -2.19. The highest BCUT2D eigenvalue weighted by atomic mass is 32.2. The second kappa shape index (κ2) is 6.02. The van der Waals surface area contributed by atoms with E-state index in [0.717, 1.165) is 11.3 Å². The van der Waals surface area contributed by atoms with Crippen LogP contribution in [0.3, 0.4) is 0 Å². The minimum absolute atomic E-state index is 0.0631. The number of benzene rings is 1. The standard InChI is InChI=1S/C12H19NO3S/c1-4-16-12-8-6-5-7-10(12)11(13-2)9-17(3,14)15/h5-8,11,13H,4,9H2,1-3H3. The molecule has 1 rings (SSSR count). The van der Waals surface area contributed by atoms with Gasteiger partial charge in [0.15, 0.2) is 0 Å². The molecular weight excluding hydrogens is 238 g/mol. The Morgan fingerprint density at radius 1 is 1.35 bits per heavy atom. The van der Waals surface area contributed by atoms with Crippen LogP contribution in [0.5, 0.6) is 5.75 Å². The fourth-order valence-corrected chi connectivity index (χ4v) is 2.64. The third-order valence-corrected chi connectivity index (χ3v) is 3.35. The SMILES string of the molecule is CCOc1ccccc1C(CS(C)(=O)=O)NC. The number of ether oxygens (including phenoxy) is 1. The van der Waals surface area contributed by atoms with Crippen LogP contribution in [0.4, 0.5) is 0 Å². The molecule has 0 heterocycles. The topological polar surface area (TPSA) is 55.4 Å². The van der Waals surface area contributed by atoms with E-state index in [0.29, 0.717) is 6.61 Å². The van der Waals surface area contributed by atoms with E-state index in [-0.39, 0.29) is 11.8 Å². The maximum atomic E-state index is 11.4. The van der Waals surface area contributed by atoms with Gasteiger partial charge in [0.1, 0.15) is 15.6 Å². The van der Waals surface area contributed by atoms with Crippen LogP contribution >= 0.6 is 0 Å². The summed E-state index contributed by atoms with van der Waals surface area (Å²) in [6.07, 6.45) is 1.24. The van der Waals surface area contributed by atoms with Crippen LogP contribution in [0.15, 0.2) is 24.3 Å². The summed E-state index contributed by atoms with van der Waals surface area (Å²) < 4.78 is 28.2. The van der Waals surface area contributed by atoms with E-state index in [1.807, 2.05) is 31.2 Å². The Hall–Kier alpha value is -1.07. The van der Waals surface area contributed by atoms with Crippen LogP contribution in [0.25, 0.3) is 0 Å². The van der Waals surface area contributed by atoms with Gasteiger partial charge in [-0.1, -0.05) is 18.2 Å². The summed E-state index contributed by atoms with van der Waals surface area (Å²) in [6, 6.07) is 7.25. The number of para-hydroxylation sites is 1. The molecule has 0 radical (unpaired) electrons. The van der Waals surface area contributed by atoms with Crippen LogP contribution in [-0.4, -0.2) is 34.1 Å². The molecule has 1 atom stereocenters. The Morgan fingerprint density at radius 2 is 2.00 bits per heavy atom. The van der Waals surface area contributed by atoms with Crippen molar-refractivity contribution >= 4 is 9.84 Å². The molecule has 1 aromatic rings. The Labute approximate surface area is 103 Å². The molecule has 0 spiro atoms. The van der Waals surface area contributed by atoms with Gasteiger partial charge in [-0.25, -0.2) is 8.42 Å². The average molecular weight is 257 g/mol. The van der Waals surface area contributed by atoms with Crippen molar-refractivity contribution in [2.24, 2.45) is 0 Å². The molecule has 0 fully saturated rings. The van der Waals surface area contributed by atoms with Crippen LogP contribution in [0.1, 0.15) is 18.5 Å². The smallest absolute Gasteiger partial charge is 0.149 e. The Balaban J connectivity index is 3.02. The first-order valence-electron chi connectivity index (χ1n) is 5.54. The zero-order valence-electron chi connectivity index (χ0n) is 10.4. The Kier molecular flexibility index (Phi) is 4.96. The van der Waals surface area contributed by atoms with E-state index < -0.39 is 9.84 Å². The maximum absolute atomic E-state index is 11.4. The van der Waals surface area contributed by atoms with Crippen molar-refractivity contribution in [2.45, 2.75) is 13.0 Å². The molecule has 0 amide bonds. The molecule has 1 unspecified atom stereocenters. The first kappa shape index (κ1) is 14.0. The molecule has 0 aliphatic rings. The maximum Gasteiger partial charge on any atom is 0.149 e. The lowest BCUT2D eigenvalue weighted by Crippen LogP contribution is -2.25. The molecule has 1 aromatic carbocycles. The van der Waals surface area contributed by atoms with Gasteiger partial charge in [-0.3, -0.25) is 0 Å². The van der Waals surface area contributed by atoms with E-state index >= 15 is 0 Å². The molecule has 0 aromatic heterocycles. The minimum atomic E-state index is -3.03. The fraction of sp³-hybridized carbons (Fsp3) is 0.500. The lowest BCUT2D eigenvalue weighted by atomic mass is 10.1. The molecule has 4 nitrogen and oxygen atoms in total. The highest BCUT2D eigenvalue weighted by molar-refractivity contribution is 7.90. The number of sulfone groups is 1. The van der Waals surface area contributed by atoms with Crippen LogP contribution in [-0.2, 0) is 9.84 Å². The highest BCUT2D eigenvalue weighted by Crippen LogP contribution is 2.25. The van der Waals surface area contributed by atoms with Crippen molar-refractivity contribution in [1.82, 2.24) is 5.32 Å². The van der Waals surface area contributed by atoms with Crippen molar-refractivity contribution in [3.05, 3.63) is 29.8 Å². The summed E-state index contributed by atoms with van der Waals surface area (Å²) >= 11 is 0. The predicted molar refractivity (Wildman–Crippen MR) is 69.1 cm³/mol. The van der Waals surface area contributed by atoms with Gasteiger partial charge >= 0.3 is 0 Å². The van der Waals surface area contributed by atoms with Crippen molar-refractivity contribution in [3.63, 3.8) is 0 Å². The number of rotatable bonds is 6. The van der Waals surface area contributed by atoms with Gasteiger partial charge in [-0.05, 0) is 20.0 Å². The second-order valence-corrected chi connectivity index (χ2v) is 6.09. The van der Waals surface area contributed by atoms with E-state index in [4.69, 9.17) is 4.74 Å². The Morgan fingerprint density at radius 3 is 2.53 bits per heavy atom. The molecule has 17 heavy (non-hydrogen) atoms. The van der Waals surface area contributed by atoms with E-state index in [9.17, 15) is 8.42 Å². The Bertz CT molecular complexity index is 457. The first-order chi connectivity index (χ1) is 7.98. The van der Waals surface area contributed by atoms with Gasteiger partial charge in [-0.15, -0.1) is 0 Å². The minimum Gasteiger partial charge on any atom is -0.494 e. The van der Waals surface area contributed by atoms with Gasteiger partial charge in [0.25, 0.3) is 0 Å². The van der Waals surface area contributed by atoms with E-state index in [1.54, 1.807) is 7.05 Å². The molecule has 96 valence electrons. The summed E-state index contributed by atoms with van der Waals surface area (Å²) in [7, 11) is -1.28. The average Bonchev–Trinajstić information content (AvgIpc) is 2.26. The molecule has 0 aliphatic carbocycles. The number of nitrogens with one attached hydrogen (secondary N) is 1. The summed E-state index contributed by atoms with van der Waals surface area (Å²) in [5.41, 5.74) is 0.877. The monoisotopic (exact) mass is 257 g/mol. The number of hydrogen-bond donors (Lipinski definition) is 1. The van der Waals surface area contributed by atoms with Gasteiger partial charge in [0, 0.05) is 17.9 Å². The van der Waals surface area contributed by atoms with Crippen LogP contribution in [0, 0.1) is 0 Å². The normalized spacial score (nSPS) is 13.4. The highest BCUT2D eigenvalue weighted by Gasteiger charge is 2.18. The third-order valence-electron chi connectivity index (χ3n) is 2.41. The van der Waals surface area contributed by atoms with Gasteiger partial charge in [0.2, 0.25) is 0 Å². The van der Waals surface area contributed by atoms with Crippen molar-refractivity contribution < 1.29 is 13.2 Å². The zero-order chi connectivity index (χ0) is 12.9. The molecule has 0 saturated heterocycles. The largest absolute Gasteiger partial charge is 0.494 e. The number of hydrogen-bond acceptors (Lipinski definition) is 4. The first-order valence-corrected chi connectivity index (χ1v) is 7.60. The van der Waals surface area contributed by atoms with E-state index in [2.05, 4.69) is 5.32 Å². The predicted octanol–water partition coefficient (Wildman–Crippen LogP) is 1.39. The molecule has 0 aliphatic heterocycles. The van der Waals surface area contributed by atoms with Gasteiger partial charge in [-0.2, -0.15) is 0 Å². The second-order valence-electron chi connectivity index (χ2n) is 3.90. The van der Waals surface area contributed by atoms with Crippen molar-refractivity contribution in [3.8, 4) is 5.75 Å². The fourth-order valence-electron chi connectivity index (χ4n) is 1.69. The summed E-state index contributed by atoms with van der Waals surface area (Å²) in [5, 5.41) is 3.01. The lowest BCUT2D eigenvalue weighted by molar-refractivity contribution is 0.333. The molecule has 5 heteroatoms. The summed E-state index contributed by atoms with van der Waals surface area (Å²) in [5.74, 6) is 0.797. The van der Waals surface area contributed by atoms with Gasteiger partial charge < -0.3 is 10.1 Å². The van der Waals surface area contributed by atoms with Crippen molar-refractivity contribution in [1.29, 1.82) is 0 Å².